The summed E-state index contributed by atoms with van der Waals surface area (Å²) in [6.45, 7) is 0. The summed E-state index contributed by atoms with van der Waals surface area (Å²) in [5.41, 5.74) is 4.23. The Labute approximate surface area is 222 Å². The fourth-order valence-corrected chi connectivity index (χ4v) is 4.79. The van der Waals surface area contributed by atoms with Crippen LogP contribution in [0.5, 0.6) is 0 Å². The number of nitrogens with zero attached hydrogens (tertiary/aromatic N) is 3. The molecule has 1 amide bonds. The number of hydrogen-bond acceptors (Lipinski definition) is 5. The van der Waals surface area contributed by atoms with Gasteiger partial charge in [0.25, 0.3) is 11.5 Å². The Balaban J connectivity index is 1.36. The summed E-state index contributed by atoms with van der Waals surface area (Å²) in [4.78, 5) is 34.2. The Morgan fingerprint density at radius 1 is 0.763 bits per heavy atom. The molecule has 7 nitrogen and oxygen atoms in total. The van der Waals surface area contributed by atoms with Gasteiger partial charge in [0, 0.05) is 23.3 Å². The van der Waals surface area contributed by atoms with Gasteiger partial charge in [-0.05, 0) is 34.7 Å². The number of aromatic amines is 1. The maximum atomic E-state index is 13.3. The van der Waals surface area contributed by atoms with E-state index in [2.05, 4.69) is 20.4 Å². The monoisotopic (exact) mass is 515 g/mol. The highest BCUT2D eigenvalue weighted by Crippen LogP contribution is 2.28. The molecule has 6 rings (SSSR count). The van der Waals surface area contributed by atoms with E-state index >= 15 is 0 Å². The van der Waals surface area contributed by atoms with Crippen molar-refractivity contribution in [3.63, 3.8) is 0 Å². The van der Waals surface area contributed by atoms with Gasteiger partial charge in [-0.15, -0.1) is 11.3 Å². The molecule has 0 unspecified atom stereocenters. The largest absolute Gasteiger partial charge is 0.306 e. The molecular formula is C30H21N5O2S. The van der Waals surface area contributed by atoms with Gasteiger partial charge in [-0.2, -0.15) is 9.78 Å². The van der Waals surface area contributed by atoms with Gasteiger partial charge in [-0.1, -0.05) is 78.9 Å². The number of carbonyl (C=O) groups excluding carboxylic acids is 1. The number of carbonyl (C=O) groups is 1. The van der Waals surface area contributed by atoms with E-state index in [1.54, 1.807) is 18.2 Å². The molecule has 6 aromatic rings. The smallest absolute Gasteiger partial charge is 0.256 e. The van der Waals surface area contributed by atoms with Crippen LogP contribution in [0.2, 0.25) is 0 Å². The van der Waals surface area contributed by atoms with Crippen molar-refractivity contribution in [3.8, 4) is 38.9 Å². The zero-order valence-electron chi connectivity index (χ0n) is 20.0. The van der Waals surface area contributed by atoms with E-state index in [0.717, 1.165) is 21.6 Å². The maximum Gasteiger partial charge on any atom is 0.256 e. The molecule has 0 fully saturated rings. The number of H-pyrrole nitrogens is 1. The molecular weight excluding hydrogens is 494 g/mol. The standard InChI is InChI=1S/C30H21N5O2S/c36-28-19-24(22-10-5-2-6-11-22)31-30(33-28)35-27(18-25(34-35)26-12-7-17-38-26)32-29(37)23-15-13-21(14-16-23)20-8-3-1-4-9-20/h1-19H,(H,32,37)(H,31,33,36). The fraction of sp³-hybridized carbons (Fsp3) is 0. The molecule has 3 heterocycles. The van der Waals surface area contributed by atoms with Crippen molar-refractivity contribution in [2.45, 2.75) is 0 Å². The summed E-state index contributed by atoms with van der Waals surface area (Å²) in [5, 5.41) is 9.58. The average Bonchev–Trinajstić information content (AvgIpc) is 3.64. The van der Waals surface area contributed by atoms with Crippen molar-refractivity contribution in [2.24, 2.45) is 0 Å². The Kier molecular flexibility index (Phi) is 6.21. The molecule has 0 aliphatic rings. The molecule has 3 aromatic carbocycles. The average molecular weight is 516 g/mol. The quantitative estimate of drug-likeness (QED) is 0.273. The van der Waals surface area contributed by atoms with E-state index in [1.807, 2.05) is 90.3 Å². The molecule has 8 heteroatoms. The van der Waals surface area contributed by atoms with E-state index in [4.69, 9.17) is 0 Å². The lowest BCUT2D eigenvalue weighted by molar-refractivity contribution is 0.102. The second kappa shape index (κ2) is 10.1. The van der Waals surface area contributed by atoms with Gasteiger partial charge in [0.2, 0.25) is 5.95 Å². The van der Waals surface area contributed by atoms with Gasteiger partial charge < -0.3 is 5.32 Å². The third-order valence-corrected chi connectivity index (χ3v) is 6.87. The van der Waals surface area contributed by atoms with Crippen LogP contribution in [0.3, 0.4) is 0 Å². The Bertz CT molecular complexity index is 1760. The number of benzene rings is 3. The topological polar surface area (TPSA) is 92.7 Å². The number of nitrogens with one attached hydrogen (secondary N) is 2. The summed E-state index contributed by atoms with van der Waals surface area (Å²) in [6.07, 6.45) is 0. The van der Waals surface area contributed by atoms with Crippen molar-refractivity contribution >= 4 is 23.1 Å². The Morgan fingerprint density at radius 3 is 2.13 bits per heavy atom. The molecule has 0 saturated heterocycles. The van der Waals surface area contributed by atoms with Gasteiger partial charge in [0.1, 0.15) is 11.5 Å². The SMILES string of the molecule is O=C(Nc1cc(-c2cccs2)nn1-c1nc(-c2ccccc2)cc(=O)[nH]1)c1ccc(-c2ccccc2)cc1. The lowest BCUT2D eigenvalue weighted by Gasteiger charge is -2.10. The molecule has 0 spiro atoms. The molecule has 2 N–H and O–H groups in total. The minimum atomic E-state index is -0.323. The predicted octanol–water partition coefficient (Wildman–Crippen LogP) is 6.27. The highest BCUT2D eigenvalue weighted by molar-refractivity contribution is 7.13. The summed E-state index contributed by atoms with van der Waals surface area (Å²) in [7, 11) is 0. The van der Waals surface area contributed by atoms with Crippen molar-refractivity contribution in [1.29, 1.82) is 0 Å². The second-order valence-electron chi connectivity index (χ2n) is 8.52. The lowest BCUT2D eigenvalue weighted by Crippen LogP contribution is -2.18. The molecule has 3 aromatic heterocycles. The van der Waals surface area contributed by atoms with Crippen LogP contribution in [0.25, 0.3) is 38.9 Å². The minimum Gasteiger partial charge on any atom is -0.306 e. The van der Waals surface area contributed by atoms with Gasteiger partial charge in [0.15, 0.2) is 0 Å². The first-order valence-electron chi connectivity index (χ1n) is 11.9. The minimum absolute atomic E-state index is 0.203. The van der Waals surface area contributed by atoms with Crippen molar-refractivity contribution in [3.05, 3.63) is 130 Å². The first kappa shape index (κ1) is 23.3. The molecule has 0 atom stereocenters. The molecule has 0 aliphatic heterocycles. The summed E-state index contributed by atoms with van der Waals surface area (Å²) >= 11 is 1.53. The first-order chi connectivity index (χ1) is 18.6. The van der Waals surface area contributed by atoms with Gasteiger partial charge in [-0.25, -0.2) is 4.98 Å². The maximum absolute atomic E-state index is 13.3. The van der Waals surface area contributed by atoms with Crippen LogP contribution in [0.15, 0.2) is 119 Å². The van der Waals surface area contributed by atoms with E-state index in [9.17, 15) is 9.59 Å². The molecule has 0 bridgehead atoms. The highest BCUT2D eigenvalue weighted by atomic mass is 32.1. The third kappa shape index (κ3) is 4.80. The normalized spacial score (nSPS) is 10.8. The van der Waals surface area contributed by atoms with Crippen molar-refractivity contribution < 1.29 is 4.79 Å². The van der Waals surface area contributed by atoms with Crippen molar-refractivity contribution in [2.75, 3.05) is 5.32 Å². The fourth-order valence-electron chi connectivity index (χ4n) is 4.11. The number of rotatable bonds is 6. The van der Waals surface area contributed by atoms with Gasteiger partial charge >= 0.3 is 0 Å². The van der Waals surface area contributed by atoms with Gasteiger partial charge in [0.05, 0.1) is 10.6 Å². The van der Waals surface area contributed by atoms with Crippen molar-refractivity contribution in [1.82, 2.24) is 19.7 Å². The third-order valence-electron chi connectivity index (χ3n) is 5.98. The van der Waals surface area contributed by atoms with E-state index < -0.39 is 0 Å². The van der Waals surface area contributed by atoms with Crippen LogP contribution < -0.4 is 10.9 Å². The molecule has 184 valence electrons. The number of amides is 1. The van der Waals surface area contributed by atoms with Crippen LogP contribution in [-0.2, 0) is 0 Å². The molecule has 0 saturated carbocycles. The van der Waals surface area contributed by atoms with Crippen LogP contribution in [0.4, 0.5) is 5.82 Å². The summed E-state index contributed by atoms with van der Waals surface area (Å²) < 4.78 is 1.46. The van der Waals surface area contributed by atoms with Crippen LogP contribution in [0.1, 0.15) is 10.4 Å². The number of hydrogen-bond donors (Lipinski definition) is 2. The number of anilines is 1. The lowest BCUT2D eigenvalue weighted by atomic mass is 10.0. The Morgan fingerprint density at radius 2 is 1.45 bits per heavy atom. The zero-order valence-corrected chi connectivity index (χ0v) is 20.9. The second-order valence-corrected chi connectivity index (χ2v) is 9.47. The van der Waals surface area contributed by atoms with Crippen LogP contribution in [-0.4, -0.2) is 25.7 Å². The molecule has 0 aliphatic carbocycles. The summed E-state index contributed by atoms with van der Waals surface area (Å²) in [6, 6.07) is 33.9. The van der Waals surface area contributed by atoms with E-state index in [1.165, 1.54) is 22.1 Å². The van der Waals surface area contributed by atoms with E-state index in [0.29, 0.717) is 22.8 Å². The van der Waals surface area contributed by atoms with Gasteiger partial charge in [-0.3, -0.25) is 14.6 Å². The zero-order chi connectivity index (χ0) is 25.9. The Hall–Kier alpha value is -5.08. The highest BCUT2D eigenvalue weighted by Gasteiger charge is 2.18. The molecule has 0 radical (unpaired) electrons. The van der Waals surface area contributed by atoms with Crippen LogP contribution in [0, 0.1) is 0 Å². The molecule has 38 heavy (non-hydrogen) atoms. The van der Waals surface area contributed by atoms with Crippen LogP contribution >= 0.6 is 11.3 Å². The summed E-state index contributed by atoms with van der Waals surface area (Å²) in [5.74, 6) is 0.290. The first-order valence-corrected chi connectivity index (χ1v) is 12.8. The van der Waals surface area contributed by atoms with E-state index in [-0.39, 0.29) is 17.4 Å². The number of aromatic nitrogens is 4. The predicted molar refractivity (Wildman–Crippen MR) is 151 cm³/mol. The number of thiophene rings is 1.